The molecule has 114 valence electrons. The van der Waals surface area contributed by atoms with Crippen LogP contribution in [-0.2, 0) is 0 Å². The summed E-state index contributed by atoms with van der Waals surface area (Å²) in [6.07, 6.45) is 7.19. The molecule has 0 aromatic heterocycles. The standard InChI is InChI=1S/C19H27NO/c1-4-13-19(21,14-5-2)18(17-11-12-17)20-15(3)16-9-7-6-8-10-16/h4-10,15,17-18,20-21H,1-2,11-14H2,3H3/t15-,18-/m1/s1. The highest BCUT2D eigenvalue weighted by Gasteiger charge is 2.44. The van der Waals surface area contributed by atoms with Gasteiger partial charge in [0.1, 0.15) is 0 Å². The van der Waals surface area contributed by atoms with Gasteiger partial charge >= 0.3 is 0 Å². The molecule has 1 fully saturated rings. The third-order valence-electron chi connectivity index (χ3n) is 4.40. The van der Waals surface area contributed by atoms with Crippen LogP contribution < -0.4 is 5.32 Å². The molecule has 0 unspecified atom stereocenters. The minimum absolute atomic E-state index is 0.0868. The zero-order valence-electron chi connectivity index (χ0n) is 13.0. The second kappa shape index (κ2) is 7.06. The molecule has 1 aromatic carbocycles. The molecule has 1 saturated carbocycles. The molecule has 21 heavy (non-hydrogen) atoms. The van der Waals surface area contributed by atoms with Crippen LogP contribution in [0, 0.1) is 5.92 Å². The fourth-order valence-corrected chi connectivity index (χ4v) is 3.10. The Bertz CT molecular complexity index is 454. The van der Waals surface area contributed by atoms with Crippen molar-refractivity contribution < 1.29 is 5.11 Å². The van der Waals surface area contributed by atoms with Crippen LogP contribution in [0.25, 0.3) is 0 Å². The van der Waals surface area contributed by atoms with E-state index in [2.05, 4.69) is 49.7 Å². The molecule has 0 radical (unpaired) electrons. The van der Waals surface area contributed by atoms with Crippen molar-refractivity contribution >= 4 is 0 Å². The van der Waals surface area contributed by atoms with Crippen LogP contribution in [0.2, 0.25) is 0 Å². The zero-order valence-corrected chi connectivity index (χ0v) is 13.0. The molecule has 2 nitrogen and oxygen atoms in total. The van der Waals surface area contributed by atoms with E-state index >= 15 is 0 Å². The van der Waals surface area contributed by atoms with Crippen molar-refractivity contribution in [2.45, 2.75) is 50.3 Å². The van der Waals surface area contributed by atoms with Crippen LogP contribution in [0.1, 0.15) is 44.2 Å². The molecule has 0 spiro atoms. The van der Waals surface area contributed by atoms with Crippen LogP contribution in [-0.4, -0.2) is 16.7 Å². The van der Waals surface area contributed by atoms with Gasteiger partial charge < -0.3 is 10.4 Å². The Morgan fingerprint density at radius 1 is 1.24 bits per heavy atom. The van der Waals surface area contributed by atoms with E-state index in [1.165, 1.54) is 18.4 Å². The van der Waals surface area contributed by atoms with Crippen LogP contribution in [0.15, 0.2) is 55.6 Å². The van der Waals surface area contributed by atoms with Gasteiger partial charge in [0.2, 0.25) is 0 Å². The minimum atomic E-state index is -0.784. The Kier molecular flexibility index (Phi) is 5.38. The molecule has 1 aliphatic rings. The summed E-state index contributed by atoms with van der Waals surface area (Å²) in [6, 6.07) is 10.7. The van der Waals surface area contributed by atoms with Crippen molar-refractivity contribution in [1.82, 2.24) is 5.32 Å². The van der Waals surface area contributed by atoms with Crippen LogP contribution in [0.4, 0.5) is 0 Å². The van der Waals surface area contributed by atoms with E-state index in [0.29, 0.717) is 18.8 Å². The summed E-state index contributed by atoms with van der Waals surface area (Å²) in [4.78, 5) is 0. The van der Waals surface area contributed by atoms with Crippen molar-refractivity contribution in [1.29, 1.82) is 0 Å². The fourth-order valence-electron chi connectivity index (χ4n) is 3.10. The molecular formula is C19H27NO. The molecular weight excluding hydrogens is 258 g/mol. The van der Waals surface area contributed by atoms with Crippen molar-refractivity contribution in [3.63, 3.8) is 0 Å². The van der Waals surface area contributed by atoms with Crippen LogP contribution >= 0.6 is 0 Å². The second-order valence-electron chi connectivity index (χ2n) is 6.20. The first-order valence-electron chi connectivity index (χ1n) is 7.86. The number of aliphatic hydroxyl groups is 1. The summed E-state index contributed by atoms with van der Waals surface area (Å²) in [5, 5.41) is 14.7. The van der Waals surface area contributed by atoms with Gasteiger partial charge in [-0.15, -0.1) is 13.2 Å². The summed E-state index contributed by atoms with van der Waals surface area (Å²) < 4.78 is 0. The Labute approximate surface area is 128 Å². The summed E-state index contributed by atoms with van der Waals surface area (Å²) >= 11 is 0. The SMILES string of the molecule is C=CCC(O)(CC=C)[C@H](N[C@H](C)c1ccccc1)C1CC1. The third-order valence-corrected chi connectivity index (χ3v) is 4.40. The Morgan fingerprint density at radius 3 is 2.29 bits per heavy atom. The quantitative estimate of drug-likeness (QED) is 0.672. The number of benzene rings is 1. The van der Waals surface area contributed by atoms with E-state index in [9.17, 15) is 5.11 Å². The van der Waals surface area contributed by atoms with Gasteiger partial charge in [0.15, 0.2) is 0 Å². The van der Waals surface area contributed by atoms with E-state index in [1.54, 1.807) is 0 Å². The molecule has 1 aliphatic carbocycles. The first-order valence-corrected chi connectivity index (χ1v) is 7.86. The van der Waals surface area contributed by atoms with Crippen molar-refractivity contribution in [2.24, 2.45) is 5.92 Å². The molecule has 0 heterocycles. The number of hydrogen-bond acceptors (Lipinski definition) is 2. The fraction of sp³-hybridized carbons (Fsp3) is 0.474. The maximum Gasteiger partial charge on any atom is 0.0871 e. The highest BCUT2D eigenvalue weighted by atomic mass is 16.3. The van der Waals surface area contributed by atoms with Crippen LogP contribution in [0.5, 0.6) is 0 Å². The summed E-state index contributed by atoms with van der Waals surface area (Å²) in [5.74, 6) is 0.557. The maximum absolute atomic E-state index is 11.1. The number of nitrogens with one attached hydrogen (secondary N) is 1. The maximum atomic E-state index is 11.1. The van der Waals surface area contributed by atoms with Gasteiger partial charge in [-0.1, -0.05) is 42.5 Å². The van der Waals surface area contributed by atoms with E-state index in [4.69, 9.17) is 0 Å². The normalized spacial score (nSPS) is 18.0. The summed E-state index contributed by atoms with van der Waals surface area (Å²) in [6.45, 7) is 9.77. The van der Waals surface area contributed by atoms with Gasteiger partial charge in [-0.05, 0) is 44.1 Å². The first-order chi connectivity index (χ1) is 10.1. The van der Waals surface area contributed by atoms with E-state index in [0.717, 1.165) is 0 Å². The van der Waals surface area contributed by atoms with Gasteiger partial charge in [-0.3, -0.25) is 0 Å². The first kappa shape index (κ1) is 16.0. The van der Waals surface area contributed by atoms with Gasteiger partial charge in [0, 0.05) is 12.1 Å². The number of hydrogen-bond donors (Lipinski definition) is 2. The summed E-state index contributed by atoms with van der Waals surface area (Å²) in [5.41, 5.74) is 0.468. The molecule has 1 aromatic rings. The average Bonchev–Trinajstić information content (AvgIpc) is 3.30. The van der Waals surface area contributed by atoms with Gasteiger partial charge in [-0.2, -0.15) is 0 Å². The van der Waals surface area contributed by atoms with Crippen molar-refractivity contribution in [3.8, 4) is 0 Å². The minimum Gasteiger partial charge on any atom is -0.388 e. The predicted octanol–water partition coefficient (Wildman–Crippen LogP) is 4.00. The molecule has 0 saturated heterocycles. The Balaban J connectivity index is 2.14. The monoisotopic (exact) mass is 285 g/mol. The predicted molar refractivity (Wildman–Crippen MR) is 89.1 cm³/mol. The van der Waals surface area contributed by atoms with E-state index in [-0.39, 0.29) is 12.1 Å². The van der Waals surface area contributed by atoms with Gasteiger partial charge in [0.25, 0.3) is 0 Å². The number of rotatable bonds is 9. The largest absolute Gasteiger partial charge is 0.388 e. The topological polar surface area (TPSA) is 32.3 Å². The molecule has 2 rings (SSSR count). The lowest BCUT2D eigenvalue weighted by atomic mass is 9.83. The Hall–Kier alpha value is -1.38. The lowest BCUT2D eigenvalue weighted by Crippen LogP contribution is -2.52. The lowest BCUT2D eigenvalue weighted by molar-refractivity contribution is -0.00463. The molecule has 0 amide bonds. The van der Waals surface area contributed by atoms with Gasteiger partial charge in [0.05, 0.1) is 5.60 Å². The third kappa shape index (κ3) is 4.05. The molecule has 0 bridgehead atoms. The molecule has 2 N–H and O–H groups in total. The Morgan fingerprint density at radius 2 is 1.81 bits per heavy atom. The second-order valence-corrected chi connectivity index (χ2v) is 6.20. The summed E-state index contributed by atoms with van der Waals surface area (Å²) in [7, 11) is 0. The average molecular weight is 285 g/mol. The molecule has 2 atom stereocenters. The highest BCUT2D eigenvalue weighted by Crippen LogP contribution is 2.41. The molecule has 0 aliphatic heterocycles. The van der Waals surface area contributed by atoms with Crippen LogP contribution in [0.3, 0.4) is 0 Å². The lowest BCUT2D eigenvalue weighted by Gasteiger charge is -2.38. The smallest absolute Gasteiger partial charge is 0.0871 e. The zero-order chi connectivity index (χ0) is 15.3. The van der Waals surface area contributed by atoms with E-state index < -0.39 is 5.60 Å². The molecule has 2 heteroatoms. The van der Waals surface area contributed by atoms with Gasteiger partial charge in [-0.25, -0.2) is 0 Å². The van der Waals surface area contributed by atoms with Crippen molar-refractivity contribution in [3.05, 3.63) is 61.2 Å². The van der Waals surface area contributed by atoms with Crippen molar-refractivity contribution in [2.75, 3.05) is 0 Å². The van der Waals surface area contributed by atoms with E-state index in [1.807, 2.05) is 18.2 Å². The highest BCUT2D eigenvalue weighted by molar-refractivity contribution is 5.19.